The largest absolute Gasteiger partial charge is 0.386 e. The summed E-state index contributed by atoms with van der Waals surface area (Å²) >= 11 is 0. The Kier molecular flexibility index (Phi) is 6.46. The molecule has 2 aliphatic rings. The van der Waals surface area contributed by atoms with E-state index in [0.717, 1.165) is 37.3 Å². The van der Waals surface area contributed by atoms with E-state index < -0.39 is 0 Å². The predicted octanol–water partition coefficient (Wildman–Crippen LogP) is 2.70. The predicted molar refractivity (Wildman–Crippen MR) is 100 cm³/mol. The smallest absolute Gasteiger partial charge is 0.321 e. The lowest BCUT2D eigenvalue weighted by molar-refractivity contribution is -0.137. The molecule has 0 atom stereocenters. The minimum absolute atomic E-state index is 0.00169. The normalized spacial score (nSPS) is 17.6. The first kappa shape index (κ1) is 18.2. The maximum atomic E-state index is 12.2. The summed E-state index contributed by atoms with van der Waals surface area (Å²) < 4.78 is 0. The molecule has 7 heteroatoms. The van der Waals surface area contributed by atoms with Gasteiger partial charge in [0.25, 0.3) is 5.91 Å². The van der Waals surface area contributed by atoms with Crippen molar-refractivity contribution in [3.63, 3.8) is 0 Å². The maximum Gasteiger partial charge on any atom is 0.321 e. The van der Waals surface area contributed by atoms with Gasteiger partial charge in [-0.2, -0.15) is 0 Å². The van der Waals surface area contributed by atoms with Crippen molar-refractivity contribution in [2.75, 3.05) is 38.1 Å². The molecule has 0 saturated carbocycles. The highest BCUT2D eigenvalue weighted by molar-refractivity contribution is 5.92. The van der Waals surface area contributed by atoms with Gasteiger partial charge >= 0.3 is 6.03 Å². The monoisotopic (exact) mass is 358 g/mol. The van der Waals surface area contributed by atoms with Crippen molar-refractivity contribution >= 4 is 23.3 Å². The van der Waals surface area contributed by atoms with E-state index >= 15 is 0 Å². The molecule has 1 aromatic carbocycles. The number of nitrogens with one attached hydrogen (secondary N) is 1. The van der Waals surface area contributed by atoms with Gasteiger partial charge in [0.15, 0.2) is 6.61 Å². The molecule has 2 fully saturated rings. The zero-order chi connectivity index (χ0) is 18.2. The molecule has 1 aromatic rings. The number of carbonyl (C=O) groups is 2. The number of rotatable bonds is 4. The van der Waals surface area contributed by atoms with Crippen LogP contribution >= 0.6 is 0 Å². The Hall–Kier alpha value is -2.57. The third-order valence-corrected chi connectivity index (χ3v) is 4.74. The van der Waals surface area contributed by atoms with Crippen LogP contribution in [-0.2, 0) is 9.63 Å². The Bertz CT molecular complexity index is 631. The van der Waals surface area contributed by atoms with Crippen LogP contribution in [0.25, 0.3) is 0 Å². The fourth-order valence-corrected chi connectivity index (χ4v) is 3.20. The van der Waals surface area contributed by atoms with Crippen LogP contribution in [-0.4, -0.2) is 60.2 Å². The first-order valence-corrected chi connectivity index (χ1v) is 9.29. The fraction of sp³-hybridized carbons (Fsp3) is 0.526. The number of piperidine rings is 2. The number of carbonyl (C=O) groups excluding carboxylic acids is 2. The average Bonchev–Trinajstić information content (AvgIpc) is 2.70. The van der Waals surface area contributed by atoms with Gasteiger partial charge in [0.2, 0.25) is 0 Å². The van der Waals surface area contributed by atoms with E-state index in [4.69, 9.17) is 4.84 Å². The van der Waals surface area contributed by atoms with Crippen molar-refractivity contribution in [3.05, 3.63) is 30.3 Å². The van der Waals surface area contributed by atoms with Crippen molar-refractivity contribution in [1.29, 1.82) is 0 Å². The van der Waals surface area contributed by atoms with Gasteiger partial charge in [-0.3, -0.25) is 4.79 Å². The lowest BCUT2D eigenvalue weighted by Crippen LogP contribution is -2.41. The number of anilines is 1. The molecular weight excluding hydrogens is 332 g/mol. The average molecular weight is 358 g/mol. The van der Waals surface area contributed by atoms with E-state index in [1.54, 1.807) is 4.90 Å². The minimum Gasteiger partial charge on any atom is -0.386 e. The van der Waals surface area contributed by atoms with Crippen LogP contribution in [0.15, 0.2) is 35.5 Å². The van der Waals surface area contributed by atoms with Crippen LogP contribution in [0.4, 0.5) is 10.5 Å². The van der Waals surface area contributed by atoms with Crippen LogP contribution in [0, 0.1) is 0 Å². The van der Waals surface area contributed by atoms with Gasteiger partial charge in [0.1, 0.15) is 0 Å². The first-order chi connectivity index (χ1) is 12.7. The second-order valence-corrected chi connectivity index (χ2v) is 6.66. The van der Waals surface area contributed by atoms with Gasteiger partial charge in [-0.05, 0) is 31.4 Å². The zero-order valence-corrected chi connectivity index (χ0v) is 15.0. The Morgan fingerprint density at radius 2 is 1.65 bits per heavy atom. The number of hydrogen-bond acceptors (Lipinski definition) is 4. The molecule has 0 bridgehead atoms. The molecule has 7 nitrogen and oxygen atoms in total. The number of oxime groups is 1. The topological polar surface area (TPSA) is 74.2 Å². The summed E-state index contributed by atoms with van der Waals surface area (Å²) in [7, 11) is 0. The molecule has 2 heterocycles. The third kappa shape index (κ3) is 5.21. The molecule has 3 amide bonds. The highest BCUT2D eigenvalue weighted by Gasteiger charge is 2.21. The van der Waals surface area contributed by atoms with E-state index in [9.17, 15) is 9.59 Å². The molecule has 2 aliphatic heterocycles. The number of hydrogen-bond donors (Lipinski definition) is 1. The molecular formula is C19H26N4O3. The number of benzene rings is 1. The SMILES string of the molecule is O=C(CON=C1CCN(C(=O)Nc2ccccc2)CC1)N1CCCCC1. The Morgan fingerprint density at radius 3 is 2.35 bits per heavy atom. The van der Waals surface area contributed by atoms with Crippen molar-refractivity contribution < 1.29 is 14.4 Å². The molecule has 140 valence electrons. The number of amides is 3. The lowest BCUT2D eigenvalue weighted by Gasteiger charge is -2.28. The lowest BCUT2D eigenvalue weighted by atomic mass is 10.1. The molecule has 0 aromatic heterocycles. The second-order valence-electron chi connectivity index (χ2n) is 6.66. The molecule has 0 aliphatic carbocycles. The minimum atomic E-state index is -0.101. The molecule has 2 saturated heterocycles. The summed E-state index contributed by atoms with van der Waals surface area (Å²) in [5, 5.41) is 6.99. The van der Waals surface area contributed by atoms with E-state index in [1.807, 2.05) is 35.2 Å². The van der Waals surface area contributed by atoms with E-state index in [2.05, 4.69) is 10.5 Å². The second kappa shape index (κ2) is 9.22. The van der Waals surface area contributed by atoms with Gasteiger partial charge in [0, 0.05) is 44.7 Å². The number of nitrogens with zero attached hydrogens (tertiary/aromatic N) is 3. The van der Waals surface area contributed by atoms with Gasteiger partial charge in [0.05, 0.1) is 5.71 Å². The van der Waals surface area contributed by atoms with Crippen molar-refractivity contribution in [2.45, 2.75) is 32.1 Å². The van der Waals surface area contributed by atoms with Gasteiger partial charge < -0.3 is 20.0 Å². The van der Waals surface area contributed by atoms with Crippen LogP contribution in [0.2, 0.25) is 0 Å². The summed E-state index contributed by atoms with van der Waals surface area (Å²) in [6.45, 7) is 2.85. The third-order valence-electron chi connectivity index (χ3n) is 4.74. The Morgan fingerprint density at radius 1 is 0.962 bits per heavy atom. The van der Waals surface area contributed by atoms with Crippen LogP contribution in [0.1, 0.15) is 32.1 Å². The van der Waals surface area contributed by atoms with Crippen molar-refractivity contribution in [2.24, 2.45) is 5.16 Å². The standard InChI is InChI=1S/C19H26N4O3/c24-18(22-11-5-2-6-12-22)15-26-21-17-9-13-23(14-10-17)19(25)20-16-7-3-1-4-8-16/h1,3-4,7-8H,2,5-6,9-15H2,(H,20,25). The molecule has 0 radical (unpaired) electrons. The molecule has 0 unspecified atom stereocenters. The molecule has 1 N–H and O–H groups in total. The van der Waals surface area contributed by atoms with Crippen LogP contribution < -0.4 is 5.32 Å². The van der Waals surface area contributed by atoms with Gasteiger partial charge in [-0.25, -0.2) is 4.79 Å². The van der Waals surface area contributed by atoms with E-state index in [1.165, 1.54) is 6.42 Å². The van der Waals surface area contributed by atoms with Crippen molar-refractivity contribution in [3.8, 4) is 0 Å². The number of likely N-dealkylation sites (tertiary alicyclic amines) is 2. The van der Waals surface area contributed by atoms with E-state index in [-0.39, 0.29) is 18.5 Å². The summed E-state index contributed by atoms with van der Waals surface area (Å²) in [5.74, 6) is 0.00808. The summed E-state index contributed by atoms with van der Waals surface area (Å²) in [6, 6.07) is 9.31. The Labute approximate surface area is 154 Å². The van der Waals surface area contributed by atoms with Crippen LogP contribution in [0.5, 0.6) is 0 Å². The summed E-state index contributed by atoms with van der Waals surface area (Å²) in [5.41, 5.74) is 1.69. The highest BCUT2D eigenvalue weighted by Crippen LogP contribution is 2.12. The zero-order valence-electron chi connectivity index (χ0n) is 15.0. The Balaban J connectivity index is 1.38. The summed E-state index contributed by atoms with van der Waals surface area (Å²) in [6.07, 6.45) is 4.67. The van der Waals surface area contributed by atoms with Crippen molar-refractivity contribution in [1.82, 2.24) is 9.80 Å². The fourth-order valence-electron chi connectivity index (χ4n) is 3.20. The maximum absolute atomic E-state index is 12.2. The van der Waals surface area contributed by atoms with Gasteiger partial charge in [-0.1, -0.05) is 23.4 Å². The molecule has 26 heavy (non-hydrogen) atoms. The first-order valence-electron chi connectivity index (χ1n) is 9.29. The summed E-state index contributed by atoms with van der Waals surface area (Å²) in [4.78, 5) is 33.1. The van der Waals surface area contributed by atoms with Gasteiger partial charge in [-0.15, -0.1) is 0 Å². The molecule has 3 rings (SSSR count). The molecule has 0 spiro atoms. The highest BCUT2D eigenvalue weighted by atomic mass is 16.6. The number of urea groups is 1. The quantitative estimate of drug-likeness (QED) is 0.841. The number of para-hydroxylation sites is 1. The van der Waals surface area contributed by atoms with Crippen LogP contribution in [0.3, 0.4) is 0 Å². The van der Waals surface area contributed by atoms with E-state index in [0.29, 0.717) is 25.9 Å².